The van der Waals surface area contributed by atoms with Crippen LogP contribution < -0.4 is 5.32 Å². The van der Waals surface area contributed by atoms with E-state index in [9.17, 15) is 4.79 Å². The first-order valence-electron chi connectivity index (χ1n) is 9.95. The summed E-state index contributed by atoms with van der Waals surface area (Å²) in [5, 5.41) is 3.19. The molecule has 2 saturated heterocycles. The van der Waals surface area contributed by atoms with E-state index in [4.69, 9.17) is 9.47 Å². The summed E-state index contributed by atoms with van der Waals surface area (Å²) in [7, 11) is 0. The molecule has 0 radical (unpaired) electrons. The molecule has 1 N–H and O–H groups in total. The van der Waals surface area contributed by atoms with Crippen molar-refractivity contribution < 1.29 is 14.3 Å². The molecule has 0 saturated carbocycles. The second-order valence-electron chi connectivity index (χ2n) is 8.06. The van der Waals surface area contributed by atoms with Crippen LogP contribution in [0.3, 0.4) is 0 Å². The largest absolute Gasteiger partial charge is 0.381 e. The Kier molecular flexibility index (Phi) is 7.31. The minimum atomic E-state index is -0.509. The average molecular weight is 439 g/mol. The maximum Gasteiger partial charge on any atom is 0.230 e. The summed E-state index contributed by atoms with van der Waals surface area (Å²) in [5.74, 6) is 0.735. The Labute approximate surface area is 170 Å². The topological polar surface area (TPSA) is 50.8 Å². The lowest BCUT2D eigenvalue weighted by atomic mass is 9.73. The fourth-order valence-corrected chi connectivity index (χ4v) is 4.36. The Bertz CT molecular complexity index is 614. The van der Waals surface area contributed by atoms with Gasteiger partial charge in [0, 0.05) is 43.9 Å². The van der Waals surface area contributed by atoms with Crippen LogP contribution in [0.15, 0.2) is 28.7 Å². The standard InChI is InChI=1S/C21H31BrN2O3/c1-16(2)14-24-9-12-27-19(15-24)13-23-20(25)21(7-10-26-11-8-21)17-3-5-18(22)6-4-17/h3-6,16,19H,7-15H2,1-2H3,(H,23,25). The van der Waals surface area contributed by atoms with Gasteiger partial charge in [-0.3, -0.25) is 9.69 Å². The van der Waals surface area contributed by atoms with E-state index in [1.165, 1.54) is 0 Å². The summed E-state index contributed by atoms with van der Waals surface area (Å²) < 4.78 is 12.5. The zero-order chi connectivity index (χ0) is 19.3. The predicted molar refractivity (Wildman–Crippen MR) is 110 cm³/mol. The summed E-state index contributed by atoms with van der Waals surface area (Å²) >= 11 is 3.48. The van der Waals surface area contributed by atoms with E-state index in [-0.39, 0.29) is 12.0 Å². The minimum absolute atomic E-state index is 0.0586. The average Bonchev–Trinajstić information content (AvgIpc) is 2.67. The third-order valence-electron chi connectivity index (χ3n) is 5.51. The van der Waals surface area contributed by atoms with E-state index >= 15 is 0 Å². The van der Waals surface area contributed by atoms with Crippen molar-refractivity contribution in [2.75, 3.05) is 46.0 Å². The molecule has 0 spiro atoms. The highest BCUT2D eigenvalue weighted by Gasteiger charge is 2.41. The van der Waals surface area contributed by atoms with Crippen molar-refractivity contribution in [3.8, 4) is 0 Å². The van der Waals surface area contributed by atoms with E-state index in [0.717, 1.165) is 36.3 Å². The Hall–Kier alpha value is -0.950. The van der Waals surface area contributed by atoms with Gasteiger partial charge in [0.25, 0.3) is 0 Å². The number of hydrogen-bond acceptors (Lipinski definition) is 4. The predicted octanol–water partition coefficient (Wildman–Crippen LogP) is 2.97. The van der Waals surface area contributed by atoms with Gasteiger partial charge in [-0.2, -0.15) is 0 Å². The first-order valence-corrected chi connectivity index (χ1v) is 10.7. The van der Waals surface area contributed by atoms with Crippen LogP contribution in [0.5, 0.6) is 0 Å². The molecule has 1 aromatic carbocycles. The molecule has 0 bridgehead atoms. The smallest absolute Gasteiger partial charge is 0.230 e. The second kappa shape index (κ2) is 9.50. The number of halogens is 1. The van der Waals surface area contributed by atoms with Crippen LogP contribution in [0.1, 0.15) is 32.3 Å². The molecule has 2 fully saturated rings. The molecule has 6 heteroatoms. The van der Waals surface area contributed by atoms with Gasteiger partial charge in [0.05, 0.1) is 18.1 Å². The summed E-state index contributed by atoms with van der Waals surface area (Å²) in [6.07, 6.45) is 1.49. The summed E-state index contributed by atoms with van der Waals surface area (Å²) in [5.41, 5.74) is 0.558. The van der Waals surface area contributed by atoms with Gasteiger partial charge >= 0.3 is 0 Å². The van der Waals surface area contributed by atoms with Gasteiger partial charge in [-0.1, -0.05) is 41.9 Å². The van der Waals surface area contributed by atoms with E-state index in [2.05, 4.69) is 52.1 Å². The molecule has 0 aliphatic carbocycles. The summed E-state index contributed by atoms with van der Waals surface area (Å²) in [6.45, 7) is 9.94. The lowest BCUT2D eigenvalue weighted by Gasteiger charge is -2.38. The van der Waals surface area contributed by atoms with Crippen LogP contribution in [-0.4, -0.2) is 62.9 Å². The molecule has 5 nitrogen and oxygen atoms in total. The van der Waals surface area contributed by atoms with Crippen LogP contribution in [0.25, 0.3) is 0 Å². The number of nitrogens with zero attached hydrogens (tertiary/aromatic N) is 1. The van der Waals surface area contributed by atoms with E-state index in [0.29, 0.717) is 38.5 Å². The maximum absolute atomic E-state index is 13.3. The Balaban J connectivity index is 1.64. The molecule has 2 aliphatic heterocycles. The van der Waals surface area contributed by atoms with Crippen molar-refractivity contribution in [1.82, 2.24) is 10.2 Å². The van der Waals surface area contributed by atoms with Gasteiger partial charge < -0.3 is 14.8 Å². The number of ether oxygens (including phenoxy) is 2. The van der Waals surface area contributed by atoms with Gasteiger partial charge in [-0.25, -0.2) is 0 Å². The highest BCUT2D eigenvalue weighted by atomic mass is 79.9. The molecule has 1 amide bonds. The minimum Gasteiger partial charge on any atom is -0.381 e. The molecule has 1 unspecified atom stereocenters. The number of benzene rings is 1. The van der Waals surface area contributed by atoms with Gasteiger partial charge in [0.1, 0.15) is 0 Å². The monoisotopic (exact) mass is 438 g/mol. The van der Waals surface area contributed by atoms with Crippen LogP contribution in [0, 0.1) is 5.92 Å². The molecular formula is C21H31BrN2O3. The Morgan fingerprint density at radius 3 is 2.63 bits per heavy atom. The quantitative estimate of drug-likeness (QED) is 0.741. The lowest BCUT2D eigenvalue weighted by molar-refractivity contribution is -0.131. The van der Waals surface area contributed by atoms with Crippen LogP contribution in [-0.2, 0) is 19.7 Å². The number of carbonyl (C=O) groups excluding carboxylic acids is 1. The van der Waals surface area contributed by atoms with Crippen LogP contribution in [0.4, 0.5) is 0 Å². The van der Waals surface area contributed by atoms with Crippen molar-refractivity contribution in [1.29, 1.82) is 0 Å². The molecule has 2 aliphatic rings. The van der Waals surface area contributed by atoms with E-state index in [1.807, 2.05) is 12.1 Å². The van der Waals surface area contributed by atoms with E-state index < -0.39 is 5.41 Å². The Morgan fingerprint density at radius 2 is 1.96 bits per heavy atom. The first kappa shape index (κ1) is 20.8. The number of nitrogens with one attached hydrogen (secondary N) is 1. The second-order valence-corrected chi connectivity index (χ2v) is 8.97. The van der Waals surface area contributed by atoms with Crippen molar-refractivity contribution in [3.05, 3.63) is 34.3 Å². The van der Waals surface area contributed by atoms with Crippen molar-refractivity contribution >= 4 is 21.8 Å². The third-order valence-corrected chi connectivity index (χ3v) is 6.04. The molecular weight excluding hydrogens is 408 g/mol. The molecule has 3 rings (SSSR count). The summed E-state index contributed by atoms with van der Waals surface area (Å²) in [4.78, 5) is 15.7. The molecule has 1 atom stereocenters. The lowest BCUT2D eigenvalue weighted by Crippen LogP contribution is -2.53. The van der Waals surface area contributed by atoms with E-state index in [1.54, 1.807) is 0 Å². The molecule has 0 aromatic heterocycles. The highest BCUT2D eigenvalue weighted by Crippen LogP contribution is 2.35. The number of carbonyl (C=O) groups is 1. The molecule has 1 aromatic rings. The van der Waals surface area contributed by atoms with Gasteiger partial charge in [0.2, 0.25) is 5.91 Å². The number of hydrogen-bond donors (Lipinski definition) is 1. The zero-order valence-electron chi connectivity index (χ0n) is 16.4. The summed E-state index contributed by atoms with van der Waals surface area (Å²) in [6, 6.07) is 8.12. The fraction of sp³-hybridized carbons (Fsp3) is 0.667. The SMILES string of the molecule is CC(C)CN1CCOC(CNC(=O)C2(c3ccc(Br)cc3)CCOCC2)C1. The molecule has 2 heterocycles. The zero-order valence-corrected chi connectivity index (χ0v) is 18.0. The Morgan fingerprint density at radius 1 is 1.26 bits per heavy atom. The maximum atomic E-state index is 13.3. The van der Waals surface area contributed by atoms with Gasteiger partial charge in [0.15, 0.2) is 0 Å². The number of rotatable bonds is 6. The number of amides is 1. The van der Waals surface area contributed by atoms with Crippen LogP contribution in [0.2, 0.25) is 0 Å². The normalized spacial score (nSPS) is 23.3. The molecule has 150 valence electrons. The van der Waals surface area contributed by atoms with Gasteiger partial charge in [-0.05, 0) is 36.5 Å². The number of morpholine rings is 1. The fourth-order valence-electron chi connectivity index (χ4n) is 4.10. The first-order chi connectivity index (χ1) is 13.0. The molecule has 27 heavy (non-hydrogen) atoms. The van der Waals surface area contributed by atoms with Crippen molar-refractivity contribution in [3.63, 3.8) is 0 Å². The highest BCUT2D eigenvalue weighted by molar-refractivity contribution is 9.10. The van der Waals surface area contributed by atoms with Gasteiger partial charge in [-0.15, -0.1) is 0 Å². The third kappa shape index (κ3) is 5.31. The van der Waals surface area contributed by atoms with Crippen LogP contribution >= 0.6 is 15.9 Å². The van der Waals surface area contributed by atoms with Crippen molar-refractivity contribution in [2.45, 2.75) is 38.2 Å². The van der Waals surface area contributed by atoms with Crippen molar-refractivity contribution in [2.24, 2.45) is 5.92 Å².